The monoisotopic (exact) mass is 379 g/mol. The molecule has 1 unspecified atom stereocenters. The highest BCUT2D eigenvalue weighted by Gasteiger charge is 2.42. The first-order valence-electron chi connectivity index (χ1n) is 7.89. The summed E-state index contributed by atoms with van der Waals surface area (Å²) >= 11 is -2.05. The van der Waals surface area contributed by atoms with Crippen LogP contribution in [0.15, 0.2) is 22.6 Å². The van der Waals surface area contributed by atoms with Gasteiger partial charge < -0.3 is 14.0 Å². The molecule has 1 aromatic rings. The molecule has 0 aliphatic heterocycles. The van der Waals surface area contributed by atoms with Crippen molar-refractivity contribution >= 4 is 17.1 Å². The Morgan fingerprint density at radius 1 is 1.24 bits per heavy atom. The number of rotatable bonds is 7. The maximum absolute atomic E-state index is 13.5. The van der Waals surface area contributed by atoms with Crippen LogP contribution >= 0.6 is 0 Å². The molecule has 1 rings (SSSR count). The minimum atomic E-state index is -4.77. The normalized spacial score (nSPS) is 14.4. The van der Waals surface area contributed by atoms with E-state index in [0.29, 0.717) is 12.4 Å². The van der Waals surface area contributed by atoms with Crippen molar-refractivity contribution in [1.82, 2.24) is 0 Å². The first-order valence-corrected chi connectivity index (χ1v) is 9.00. The van der Waals surface area contributed by atoms with Crippen LogP contribution < -0.4 is 9.47 Å². The molecule has 0 amide bonds. The fourth-order valence-corrected chi connectivity index (χ4v) is 2.41. The zero-order valence-electron chi connectivity index (χ0n) is 15.1. The van der Waals surface area contributed by atoms with Crippen LogP contribution in [0.2, 0.25) is 0 Å². The Morgan fingerprint density at radius 2 is 1.88 bits per heavy atom. The third-order valence-corrected chi connectivity index (χ3v) is 4.56. The molecular formula is C17H24F3NO3S. The van der Waals surface area contributed by atoms with E-state index in [-0.39, 0.29) is 11.3 Å². The van der Waals surface area contributed by atoms with Crippen LogP contribution in [0.3, 0.4) is 0 Å². The molecule has 142 valence electrons. The third kappa shape index (κ3) is 6.43. The van der Waals surface area contributed by atoms with Gasteiger partial charge in [-0.15, -0.1) is 0 Å². The lowest BCUT2D eigenvalue weighted by atomic mass is 10.1. The Morgan fingerprint density at radius 3 is 2.36 bits per heavy atom. The van der Waals surface area contributed by atoms with Crippen molar-refractivity contribution in [2.75, 3.05) is 13.7 Å². The number of hydrogen-bond acceptors (Lipinski definition) is 4. The highest BCUT2D eigenvalue weighted by Crippen LogP contribution is 2.33. The Hall–Kier alpha value is -1.41. The highest BCUT2D eigenvalue weighted by molar-refractivity contribution is 7.91. The zero-order valence-corrected chi connectivity index (χ0v) is 15.9. The average Bonchev–Trinajstić information content (AvgIpc) is 2.50. The molecule has 0 radical (unpaired) electrons. The molecular weight excluding hydrogens is 355 g/mol. The highest BCUT2D eigenvalue weighted by atomic mass is 32.2. The smallest absolute Gasteiger partial charge is 0.438 e. The summed E-state index contributed by atoms with van der Waals surface area (Å²) in [5, 5.41) is 0. The van der Waals surface area contributed by atoms with Gasteiger partial charge in [0.05, 0.1) is 19.3 Å². The van der Waals surface area contributed by atoms with E-state index < -0.39 is 28.0 Å². The van der Waals surface area contributed by atoms with Crippen molar-refractivity contribution in [3.63, 3.8) is 0 Å². The van der Waals surface area contributed by atoms with E-state index in [4.69, 9.17) is 9.47 Å². The second-order valence-corrected chi connectivity index (χ2v) is 8.27. The second kappa shape index (κ2) is 8.80. The molecule has 0 aliphatic rings. The van der Waals surface area contributed by atoms with Gasteiger partial charge in [0.1, 0.15) is 27.6 Å². The standard InChI is InChI=1S/C17H24F3NO3S/c1-6-7-10-24-12-8-9-13(14(11-12)23-5)15(17(18,19)20)21-25(22)16(2,3)4/h8-9,11H,6-7,10H2,1-5H3. The molecule has 4 nitrogen and oxygen atoms in total. The summed E-state index contributed by atoms with van der Waals surface area (Å²) in [6.45, 7) is 7.15. The summed E-state index contributed by atoms with van der Waals surface area (Å²) in [6.07, 6.45) is -2.98. The minimum absolute atomic E-state index is 0.0315. The summed E-state index contributed by atoms with van der Waals surface area (Å²) in [4.78, 5) is 0. The van der Waals surface area contributed by atoms with Crippen molar-refractivity contribution in [3.8, 4) is 11.5 Å². The number of unbranched alkanes of at least 4 members (excludes halogenated alkanes) is 1. The topological polar surface area (TPSA) is 53.9 Å². The fourth-order valence-electron chi connectivity index (χ4n) is 1.76. The molecule has 0 bridgehead atoms. The maximum atomic E-state index is 13.5. The SMILES string of the molecule is CCCCOc1ccc(C(=N[S+]([O-])C(C)(C)C)C(F)(F)F)c(OC)c1. The molecule has 8 heteroatoms. The van der Waals surface area contributed by atoms with Crippen molar-refractivity contribution in [3.05, 3.63) is 23.8 Å². The Balaban J connectivity index is 3.29. The minimum Gasteiger partial charge on any atom is -0.591 e. The molecule has 0 saturated heterocycles. The summed E-state index contributed by atoms with van der Waals surface area (Å²) in [7, 11) is 1.27. The lowest BCUT2D eigenvalue weighted by Crippen LogP contribution is -2.31. The predicted octanol–water partition coefficient (Wildman–Crippen LogP) is 4.69. The molecule has 0 saturated carbocycles. The number of hydrogen-bond donors (Lipinski definition) is 0. The van der Waals surface area contributed by atoms with E-state index in [1.165, 1.54) is 25.3 Å². The van der Waals surface area contributed by atoms with Crippen molar-refractivity contribution < 1.29 is 27.2 Å². The molecule has 0 aromatic heterocycles. The number of benzene rings is 1. The van der Waals surface area contributed by atoms with Gasteiger partial charge >= 0.3 is 6.18 Å². The summed E-state index contributed by atoms with van der Waals surface area (Å²) < 4.78 is 65.6. The van der Waals surface area contributed by atoms with E-state index in [2.05, 4.69) is 4.40 Å². The van der Waals surface area contributed by atoms with Crippen molar-refractivity contribution in [2.24, 2.45) is 4.40 Å². The molecule has 0 N–H and O–H groups in total. The summed E-state index contributed by atoms with van der Waals surface area (Å²) in [6, 6.07) is 4.04. The van der Waals surface area contributed by atoms with E-state index in [1.54, 1.807) is 20.8 Å². The van der Waals surface area contributed by atoms with Crippen molar-refractivity contribution in [2.45, 2.75) is 51.5 Å². The van der Waals surface area contributed by atoms with Gasteiger partial charge in [0.2, 0.25) is 5.71 Å². The molecule has 0 heterocycles. The lowest BCUT2D eigenvalue weighted by molar-refractivity contribution is -0.0579. The lowest BCUT2D eigenvalue weighted by Gasteiger charge is -2.21. The summed E-state index contributed by atoms with van der Waals surface area (Å²) in [5.74, 6) is 0.378. The van der Waals surface area contributed by atoms with Crippen LogP contribution in [0.1, 0.15) is 46.1 Å². The van der Waals surface area contributed by atoms with E-state index in [0.717, 1.165) is 12.8 Å². The summed E-state index contributed by atoms with van der Waals surface area (Å²) in [5.41, 5.74) is -1.49. The predicted molar refractivity (Wildman–Crippen MR) is 93.9 cm³/mol. The van der Waals surface area contributed by atoms with Gasteiger partial charge in [-0.2, -0.15) is 13.2 Å². The Kier molecular flexibility index (Phi) is 7.62. The van der Waals surface area contributed by atoms with Crippen LogP contribution in [-0.4, -0.2) is 34.9 Å². The van der Waals surface area contributed by atoms with Crippen LogP contribution in [0.5, 0.6) is 11.5 Å². The van der Waals surface area contributed by atoms with Crippen molar-refractivity contribution in [1.29, 1.82) is 0 Å². The third-order valence-electron chi connectivity index (χ3n) is 3.16. The van der Waals surface area contributed by atoms with Gasteiger partial charge in [-0.1, -0.05) is 17.7 Å². The van der Waals surface area contributed by atoms with Gasteiger partial charge in [0.25, 0.3) is 0 Å². The Bertz CT molecular complexity index is 598. The van der Waals surface area contributed by atoms with Crippen LogP contribution in [0.25, 0.3) is 0 Å². The number of nitrogens with zero attached hydrogens (tertiary/aromatic N) is 1. The molecule has 0 fully saturated rings. The number of alkyl halides is 3. The van der Waals surface area contributed by atoms with Crippen LogP contribution in [0, 0.1) is 0 Å². The molecule has 1 atom stereocenters. The van der Waals surface area contributed by atoms with E-state index in [9.17, 15) is 17.7 Å². The maximum Gasteiger partial charge on any atom is 0.438 e. The first kappa shape index (κ1) is 21.6. The Labute approximate surface area is 149 Å². The number of methoxy groups -OCH3 is 1. The second-order valence-electron chi connectivity index (χ2n) is 6.36. The van der Waals surface area contributed by atoms with E-state index >= 15 is 0 Å². The van der Waals surface area contributed by atoms with Gasteiger partial charge in [0.15, 0.2) is 0 Å². The molecule has 0 aliphatic carbocycles. The largest absolute Gasteiger partial charge is 0.591 e. The first-order chi connectivity index (χ1) is 11.5. The van der Waals surface area contributed by atoms with Gasteiger partial charge in [0, 0.05) is 6.07 Å². The fraction of sp³-hybridized carbons (Fsp3) is 0.588. The van der Waals surface area contributed by atoms with Crippen LogP contribution in [-0.2, 0) is 11.4 Å². The number of halogens is 3. The van der Waals surface area contributed by atoms with Gasteiger partial charge in [-0.25, -0.2) is 0 Å². The van der Waals surface area contributed by atoms with Gasteiger partial charge in [-0.05, 0) is 39.3 Å². The number of ether oxygens (including phenoxy) is 2. The van der Waals surface area contributed by atoms with Crippen LogP contribution in [0.4, 0.5) is 13.2 Å². The quantitative estimate of drug-likeness (QED) is 0.392. The average molecular weight is 379 g/mol. The van der Waals surface area contributed by atoms with Gasteiger partial charge in [-0.3, -0.25) is 0 Å². The molecule has 25 heavy (non-hydrogen) atoms. The van der Waals surface area contributed by atoms with E-state index in [1.807, 2.05) is 6.92 Å². The molecule has 0 spiro atoms. The molecule has 1 aromatic carbocycles. The zero-order chi connectivity index (χ0) is 19.3.